The Labute approximate surface area is 118 Å². The van der Waals surface area contributed by atoms with Gasteiger partial charge in [0.25, 0.3) is 0 Å². The molecule has 2 heteroatoms. The van der Waals surface area contributed by atoms with Crippen LogP contribution < -0.4 is 5.32 Å². The minimum absolute atomic E-state index is 0.517. The molecule has 2 heterocycles. The van der Waals surface area contributed by atoms with Crippen molar-refractivity contribution in [3.8, 4) is 0 Å². The predicted octanol–water partition coefficient (Wildman–Crippen LogP) is 2.89. The van der Waals surface area contributed by atoms with Crippen LogP contribution in [0.4, 0.5) is 0 Å². The molecule has 4 rings (SSSR count). The van der Waals surface area contributed by atoms with Crippen molar-refractivity contribution in [2.24, 2.45) is 22.7 Å². The summed E-state index contributed by atoms with van der Waals surface area (Å²) in [7, 11) is 0. The highest BCUT2D eigenvalue weighted by molar-refractivity contribution is 5.13. The van der Waals surface area contributed by atoms with Gasteiger partial charge in [-0.2, -0.15) is 0 Å². The third-order valence-corrected chi connectivity index (χ3v) is 7.28. The standard InChI is InChI=1S/C17H30N2/c1-16(2)13-4-7-17(3,10-13)15(16)18-14-6-9-19-8-5-12(14)11-19/h12-15,18H,4-11H2,1-3H3. The molecule has 2 saturated carbocycles. The van der Waals surface area contributed by atoms with Crippen LogP contribution in [0.25, 0.3) is 0 Å². The van der Waals surface area contributed by atoms with Gasteiger partial charge >= 0.3 is 0 Å². The molecule has 0 radical (unpaired) electrons. The van der Waals surface area contributed by atoms with Crippen molar-refractivity contribution in [1.82, 2.24) is 10.2 Å². The summed E-state index contributed by atoms with van der Waals surface area (Å²) in [5.41, 5.74) is 1.10. The average Bonchev–Trinajstić information content (AvgIpc) is 2.97. The van der Waals surface area contributed by atoms with E-state index in [4.69, 9.17) is 0 Å². The normalized spacial score (nSPS) is 54.8. The fraction of sp³-hybridized carbons (Fsp3) is 1.00. The molecule has 6 atom stereocenters. The van der Waals surface area contributed by atoms with E-state index >= 15 is 0 Å². The zero-order valence-corrected chi connectivity index (χ0v) is 12.9. The molecular formula is C17H30N2. The number of hydrogen-bond donors (Lipinski definition) is 1. The molecule has 0 aromatic carbocycles. The molecule has 6 unspecified atom stereocenters. The first-order valence-corrected chi connectivity index (χ1v) is 8.47. The Morgan fingerprint density at radius 3 is 2.58 bits per heavy atom. The van der Waals surface area contributed by atoms with Crippen LogP contribution in [-0.4, -0.2) is 36.6 Å². The third kappa shape index (κ3) is 1.75. The lowest BCUT2D eigenvalue weighted by molar-refractivity contribution is 0.0799. The highest BCUT2D eigenvalue weighted by Crippen LogP contribution is 2.62. The van der Waals surface area contributed by atoms with Gasteiger partial charge in [0.1, 0.15) is 0 Å². The van der Waals surface area contributed by atoms with E-state index in [1.165, 1.54) is 51.7 Å². The van der Waals surface area contributed by atoms with Crippen LogP contribution in [0.5, 0.6) is 0 Å². The van der Waals surface area contributed by atoms with Crippen LogP contribution in [0.15, 0.2) is 0 Å². The Balaban J connectivity index is 1.53. The van der Waals surface area contributed by atoms with Gasteiger partial charge < -0.3 is 10.2 Å². The lowest BCUT2D eigenvalue weighted by Gasteiger charge is -2.46. The number of piperidine rings is 1. The van der Waals surface area contributed by atoms with E-state index in [0.29, 0.717) is 10.8 Å². The zero-order chi connectivity index (χ0) is 13.3. The van der Waals surface area contributed by atoms with Crippen molar-refractivity contribution >= 4 is 0 Å². The molecule has 2 aliphatic heterocycles. The summed E-state index contributed by atoms with van der Waals surface area (Å²) in [6.07, 6.45) is 7.23. The molecule has 108 valence electrons. The maximum Gasteiger partial charge on any atom is 0.0177 e. The van der Waals surface area contributed by atoms with Gasteiger partial charge in [-0.05, 0) is 67.9 Å². The molecule has 4 bridgehead atoms. The van der Waals surface area contributed by atoms with Gasteiger partial charge in [0, 0.05) is 18.6 Å². The van der Waals surface area contributed by atoms with E-state index in [0.717, 1.165) is 23.9 Å². The van der Waals surface area contributed by atoms with E-state index < -0.39 is 0 Å². The van der Waals surface area contributed by atoms with Gasteiger partial charge in [-0.15, -0.1) is 0 Å². The Hall–Kier alpha value is -0.0800. The summed E-state index contributed by atoms with van der Waals surface area (Å²) in [6, 6.07) is 1.56. The van der Waals surface area contributed by atoms with Crippen LogP contribution >= 0.6 is 0 Å². The summed E-state index contributed by atoms with van der Waals surface area (Å²) in [6.45, 7) is 11.7. The lowest BCUT2D eigenvalue weighted by Crippen LogP contribution is -2.57. The number of nitrogens with one attached hydrogen (secondary N) is 1. The molecule has 2 nitrogen and oxygen atoms in total. The third-order valence-electron chi connectivity index (χ3n) is 7.28. The second kappa shape index (κ2) is 3.98. The predicted molar refractivity (Wildman–Crippen MR) is 79.1 cm³/mol. The molecule has 0 amide bonds. The van der Waals surface area contributed by atoms with Gasteiger partial charge in [0.05, 0.1) is 0 Å². The van der Waals surface area contributed by atoms with E-state index in [2.05, 4.69) is 31.0 Å². The van der Waals surface area contributed by atoms with E-state index in [1.54, 1.807) is 0 Å². The molecule has 0 aromatic heterocycles. The van der Waals surface area contributed by atoms with E-state index in [1.807, 2.05) is 0 Å². The lowest BCUT2D eigenvalue weighted by atomic mass is 9.68. The number of nitrogens with zero attached hydrogens (tertiary/aromatic N) is 1. The maximum absolute atomic E-state index is 4.18. The largest absolute Gasteiger partial charge is 0.310 e. The maximum atomic E-state index is 4.18. The van der Waals surface area contributed by atoms with Crippen molar-refractivity contribution in [2.75, 3.05) is 19.6 Å². The number of hydrogen-bond acceptors (Lipinski definition) is 2. The number of rotatable bonds is 2. The summed E-state index contributed by atoms with van der Waals surface area (Å²) < 4.78 is 0. The van der Waals surface area contributed by atoms with Crippen LogP contribution in [0.1, 0.15) is 52.9 Å². The van der Waals surface area contributed by atoms with Crippen LogP contribution in [-0.2, 0) is 0 Å². The molecule has 2 aliphatic carbocycles. The monoisotopic (exact) mass is 262 g/mol. The van der Waals surface area contributed by atoms with Crippen molar-refractivity contribution in [2.45, 2.75) is 65.0 Å². The van der Waals surface area contributed by atoms with Gasteiger partial charge in [0.15, 0.2) is 0 Å². The minimum Gasteiger partial charge on any atom is -0.310 e. The van der Waals surface area contributed by atoms with Gasteiger partial charge in [-0.1, -0.05) is 20.8 Å². The smallest absolute Gasteiger partial charge is 0.0177 e. The second-order valence-electron chi connectivity index (χ2n) is 8.76. The van der Waals surface area contributed by atoms with Crippen LogP contribution in [0, 0.1) is 22.7 Å². The fourth-order valence-electron chi connectivity index (χ4n) is 6.10. The topological polar surface area (TPSA) is 15.3 Å². The second-order valence-corrected chi connectivity index (χ2v) is 8.76. The average molecular weight is 262 g/mol. The van der Waals surface area contributed by atoms with Crippen LogP contribution in [0.2, 0.25) is 0 Å². The van der Waals surface area contributed by atoms with Crippen molar-refractivity contribution < 1.29 is 0 Å². The SMILES string of the molecule is CC12CCC(C1)C(C)(C)C2NC1CCN2CCC1C2. The molecule has 2 saturated heterocycles. The first-order valence-electron chi connectivity index (χ1n) is 8.47. The van der Waals surface area contributed by atoms with Gasteiger partial charge in [-0.3, -0.25) is 0 Å². The summed E-state index contributed by atoms with van der Waals surface area (Å²) >= 11 is 0. The highest BCUT2D eigenvalue weighted by Gasteiger charge is 2.59. The quantitative estimate of drug-likeness (QED) is 0.823. The van der Waals surface area contributed by atoms with E-state index in [-0.39, 0.29) is 0 Å². The summed E-state index contributed by atoms with van der Waals surface area (Å²) in [5, 5.41) is 4.18. The first-order chi connectivity index (χ1) is 8.99. The molecule has 1 N–H and O–H groups in total. The van der Waals surface area contributed by atoms with Crippen LogP contribution in [0.3, 0.4) is 0 Å². The molecular weight excluding hydrogens is 232 g/mol. The molecule has 0 spiro atoms. The molecule has 4 fully saturated rings. The Kier molecular flexibility index (Phi) is 2.65. The Morgan fingerprint density at radius 1 is 1.05 bits per heavy atom. The summed E-state index contributed by atoms with van der Waals surface area (Å²) in [4.78, 5) is 2.66. The van der Waals surface area contributed by atoms with Crippen molar-refractivity contribution in [1.29, 1.82) is 0 Å². The highest BCUT2D eigenvalue weighted by atomic mass is 15.2. The number of fused-ring (bicyclic) bond motifs is 4. The molecule has 19 heavy (non-hydrogen) atoms. The van der Waals surface area contributed by atoms with Gasteiger partial charge in [0.2, 0.25) is 0 Å². The van der Waals surface area contributed by atoms with E-state index in [9.17, 15) is 0 Å². The Bertz CT molecular complexity index is 373. The molecule has 0 aromatic rings. The summed E-state index contributed by atoms with van der Waals surface area (Å²) in [5.74, 6) is 1.91. The fourth-order valence-corrected chi connectivity index (χ4v) is 6.10. The molecule has 4 aliphatic rings. The minimum atomic E-state index is 0.517. The van der Waals surface area contributed by atoms with Crippen molar-refractivity contribution in [3.05, 3.63) is 0 Å². The van der Waals surface area contributed by atoms with Crippen molar-refractivity contribution in [3.63, 3.8) is 0 Å². The van der Waals surface area contributed by atoms with Gasteiger partial charge in [-0.25, -0.2) is 0 Å². The first kappa shape index (κ1) is 12.6. The zero-order valence-electron chi connectivity index (χ0n) is 12.9. The Morgan fingerprint density at radius 2 is 1.84 bits per heavy atom.